The van der Waals surface area contributed by atoms with Gasteiger partial charge in [-0.25, -0.2) is 15.0 Å². The predicted octanol–water partition coefficient (Wildman–Crippen LogP) is 3.03. The Morgan fingerprint density at radius 1 is 1.31 bits per heavy atom. The molecule has 32 heavy (non-hydrogen) atoms. The Labute approximate surface area is 189 Å². The lowest BCUT2D eigenvalue weighted by Gasteiger charge is -2.44. The molecule has 2 fully saturated rings. The van der Waals surface area contributed by atoms with Gasteiger partial charge in [-0.1, -0.05) is 0 Å². The lowest BCUT2D eigenvalue weighted by molar-refractivity contribution is -0.0869. The molecule has 2 aliphatic heterocycles. The second-order valence-corrected chi connectivity index (χ2v) is 10.0. The summed E-state index contributed by atoms with van der Waals surface area (Å²) in [6, 6.07) is 4.26. The number of pyridine rings is 1. The molecule has 166 valence electrons. The van der Waals surface area contributed by atoms with Crippen LogP contribution in [0.1, 0.15) is 19.4 Å². The molecule has 8 nitrogen and oxygen atoms in total. The molecule has 0 unspecified atom stereocenters. The zero-order chi connectivity index (χ0) is 21.9. The number of nitrogens with one attached hydrogen (secondary N) is 1. The minimum absolute atomic E-state index is 0.246. The number of aliphatic hydroxyl groups is 1. The highest BCUT2D eigenvalue weighted by Crippen LogP contribution is 2.37. The van der Waals surface area contributed by atoms with E-state index in [-0.39, 0.29) is 6.04 Å². The van der Waals surface area contributed by atoms with Crippen LogP contribution in [-0.2, 0) is 11.3 Å². The van der Waals surface area contributed by atoms with Gasteiger partial charge >= 0.3 is 0 Å². The summed E-state index contributed by atoms with van der Waals surface area (Å²) in [4.78, 5) is 22.4. The minimum Gasteiger partial charge on any atom is -0.388 e. The van der Waals surface area contributed by atoms with Gasteiger partial charge in [0, 0.05) is 55.1 Å². The van der Waals surface area contributed by atoms with Crippen LogP contribution in [0.15, 0.2) is 29.9 Å². The zero-order valence-corrected chi connectivity index (χ0v) is 19.0. The second kappa shape index (κ2) is 7.48. The molecule has 0 saturated carbocycles. The molecule has 9 heteroatoms. The summed E-state index contributed by atoms with van der Waals surface area (Å²) < 4.78 is 6.80. The molecule has 0 spiro atoms. The van der Waals surface area contributed by atoms with Crippen LogP contribution in [0.4, 0.5) is 5.82 Å². The van der Waals surface area contributed by atoms with Crippen LogP contribution >= 0.6 is 11.3 Å². The van der Waals surface area contributed by atoms with Gasteiger partial charge in [0.25, 0.3) is 0 Å². The van der Waals surface area contributed by atoms with E-state index < -0.39 is 5.60 Å². The minimum atomic E-state index is -0.586. The third-order valence-electron chi connectivity index (χ3n) is 6.33. The summed E-state index contributed by atoms with van der Waals surface area (Å²) >= 11 is 1.71. The number of aromatic amines is 1. The SMILES string of the molecule is C[C@@H]1COCCN1c1nc(-c2ccnc3[nH]ccc23)nc2c(CN3CC(C)(O)C3)csc12. The lowest BCUT2D eigenvalue weighted by Crippen LogP contribution is -2.59. The fourth-order valence-electron chi connectivity index (χ4n) is 4.85. The number of likely N-dealkylation sites (tertiary alicyclic amines) is 1. The smallest absolute Gasteiger partial charge is 0.163 e. The van der Waals surface area contributed by atoms with Crippen molar-refractivity contribution < 1.29 is 9.84 Å². The maximum absolute atomic E-state index is 10.1. The highest BCUT2D eigenvalue weighted by molar-refractivity contribution is 7.18. The fourth-order valence-corrected chi connectivity index (χ4v) is 5.85. The van der Waals surface area contributed by atoms with E-state index in [1.165, 1.54) is 5.56 Å². The molecule has 0 amide bonds. The number of rotatable bonds is 4. The Balaban J connectivity index is 1.50. The standard InChI is InChI=1S/C23H26N6O2S/c1-14-10-31-8-7-29(14)22-19-18(15(11-32-19)9-28-12-23(2,30)13-28)26-21(27-22)17-4-6-25-20-16(17)3-5-24-20/h3-6,11,14,30H,7-10,12-13H2,1-2H3,(H,24,25)/t14-/m1/s1. The quantitative estimate of drug-likeness (QED) is 0.494. The molecule has 6 rings (SSSR count). The van der Waals surface area contributed by atoms with Crippen molar-refractivity contribution in [2.75, 3.05) is 37.7 Å². The Morgan fingerprint density at radius 3 is 3.00 bits per heavy atom. The van der Waals surface area contributed by atoms with Crippen molar-refractivity contribution in [2.45, 2.75) is 32.0 Å². The van der Waals surface area contributed by atoms with Crippen LogP contribution in [0.3, 0.4) is 0 Å². The maximum atomic E-state index is 10.1. The number of hydrogen-bond donors (Lipinski definition) is 2. The highest BCUT2D eigenvalue weighted by atomic mass is 32.1. The molecule has 6 heterocycles. The monoisotopic (exact) mass is 450 g/mol. The van der Waals surface area contributed by atoms with E-state index in [9.17, 15) is 5.11 Å². The maximum Gasteiger partial charge on any atom is 0.163 e. The van der Waals surface area contributed by atoms with E-state index in [0.29, 0.717) is 32.1 Å². The average Bonchev–Trinajstić information content (AvgIpc) is 3.39. The zero-order valence-electron chi connectivity index (χ0n) is 18.2. The van der Waals surface area contributed by atoms with Crippen molar-refractivity contribution in [1.29, 1.82) is 0 Å². The predicted molar refractivity (Wildman–Crippen MR) is 126 cm³/mol. The summed E-state index contributed by atoms with van der Waals surface area (Å²) in [6.45, 7) is 8.42. The lowest BCUT2D eigenvalue weighted by atomic mass is 9.96. The third-order valence-corrected chi connectivity index (χ3v) is 7.35. The first-order valence-corrected chi connectivity index (χ1v) is 11.9. The Kier molecular flexibility index (Phi) is 4.69. The summed E-state index contributed by atoms with van der Waals surface area (Å²) in [5, 5.41) is 13.4. The van der Waals surface area contributed by atoms with Crippen molar-refractivity contribution in [1.82, 2.24) is 24.8 Å². The van der Waals surface area contributed by atoms with Gasteiger partial charge in [0.05, 0.1) is 35.1 Å². The van der Waals surface area contributed by atoms with E-state index >= 15 is 0 Å². The van der Waals surface area contributed by atoms with E-state index in [1.54, 1.807) is 17.5 Å². The van der Waals surface area contributed by atoms with Gasteiger partial charge in [0.1, 0.15) is 5.65 Å². The number of H-pyrrole nitrogens is 1. The van der Waals surface area contributed by atoms with Crippen molar-refractivity contribution in [3.05, 3.63) is 35.5 Å². The van der Waals surface area contributed by atoms with Gasteiger partial charge in [0.2, 0.25) is 0 Å². The van der Waals surface area contributed by atoms with Gasteiger partial charge < -0.3 is 19.7 Å². The van der Waals surface area contributed by atoms with Crippen molar-refractivity contribution in [3.8, 4) is 11.4 Å². The molecule has 2 aliphatic rings. The van der Waals surface area contributed by atoms with Crippen molar-refractivity contribution in [2.24, 2.45) is 0 Å². The fraction of sp³-hybridized carbons (Fsp3) is 0.435. The highest BCUT2D eigenvalue weighted by Gasteiger charge is 2.36. The molecule has 0 bridgehead atoms. The topological polar surface area (TPSA) is 90.4 Å². The number of ether oxygens (including phenoxy) is 1. The van der Waals surface area contributed by atoms with Crippen LogP contribution < -0.4 is 4.90 Å². The van der Waals surface area contributed by atoms with E-state index in [1.807, 2.05) is 25.3 Å². The number of fused-ring (bicyclic) bond motifs is 2. The van der Waals surface area contributed by atoms with Gasteiger partial charge in [-0.2, -0.15) is 0 Å². The van der Waals surface area contributed by atoms with Gasteiger partial charge in [-0.15, -0.1) is 11.3 Å². The number of aromatic nitrogens is 4. The average molecular weight is 451 g/mol. The van der Waals surface area contributed by atoms with Crippen molar-refractivity contribution in [3.63, 3.8) is 0 Å². The molecule has 1 atom stereocenters. The van der Waals surface area contributed by atoms with E-state index in [0.717, 1.165) is 45.7 Å². The Bertz CT molecular complexity index is 1290. The van der Waals surface area contributed by atoms with E-state index in [4.69, 9.17) is 14.7 Å². The molecule has 0 aromatic carbocycles. The Hall–Kier alpha value is -2.59. The molecular formula is C23H26N6O2S. The molecule has 0 aliphatic carbocycles. The number of hydrogen-bond acceptors (Lipinski definition) is 8. The van der Waals surface area contributed by atoms with Crippen LogP contribution in [0.2, 0.25) is 0 Å². The van der Waals surface area contributed by atoms with Gasteiger partial charge in [-0.3, -0.25) is 4.90 Å². The summed E-state index contributed by atoms with van der Waals surface area (Å²) in [6.07, 6.45) is 3.70. The Morgan fingerprint density at radius 2 is 2.19 bits per heavy atom. The van der Waals surface area contributed by atoms with E-state index in [2.05, 4.69) is 32.1 Å². The van der Waals surface area contributed by atoms with Crippen LogP contribution in [0.5, 0.6) is 0 Å². The first-order valence-electron chi connectivity index (χ1n) is 11.0. The van der Waals surface area contributed by atoms with Crippen LogP contribution in [0, 0.1) is 0 Å². The number of nitrogens with zero attached hydrogens (tertiary/aromatic N) is 5. The van der Waals surface area contributed by atoms with Crippen molar-refractivity contribution >= 4 is 38.4 Å². The molecule has 4 aromatic heterocycles. The molecule has 0 radical (unpaired) electrons. The first-order chi connectivity index (χ1) is 15.5. The largest absolute Gasteiger partial charge is 0.388 e. The van der Waals surface area contributed by atoms with Gasteiger partial charge in [-0.05, 0) is 31.4 Å². The number of β-amino-alcohol motifs (C(OH)–C–C–N with tert-alkyl or cyclic N) is 1. The summed E-state index contributed by atoms with van der Waals surface area (Å²) in [5.41, 5.74) is 3.41. The first kappa shape index (κ1) is 20.0. The molecule has 2 N–H and O–H groups in total. The number of morpholine rings is 1. The number of thiophene rings is 1. The van der Waals surface area contributed by atoms with Crippen LogP contribution in [-0.4, -0.2) is 74.4 Å². The van der Waals surface area contributed by atoms with Gasteiger partial charge in [0.15, 0.2) is 11.6 Å². The van der Waals surface area contributed by atoms with Crippen LogP contribution in [0.25, 0.3) is 32.6 Å². The number of anilines is 1. The third kappa shape index (κ3) is 3.36. The summed E-state index contributed by atoms with van der Waals surface area (Å²) in [7, 11) is 0. The second-order valence-electron chi connectivity index (χ2n) is 9.17. The summed E-state index contributed by atoms with van der Waals surface area (Å²) in [5.74, 6) is 1.70. The molecule has 2 saturated heterocycles. The molecular weight excluding hydrogens is 424 g/mol. The molecule has 4 aromatic rings. The normalized spacial score (nSPS) is 21.3.